The SMILES string of the molecule is COC(=O)c1ncn2c1C(=O)N(c1ccc(C)c(C)c1)C(C)(C(=O)NCc1ccc(C)cc1)C2. The molecule has 176 valence electrons. The molecule has 1 aliphatic rings. The lowest BCUT2D eigenvalue weighted by molar-refractivity contribution is -0.126. The quantitative estimate of drug-likeness (QED) is 0.590. The van der Waals surface area contributed by atoms with E-state index in [2.05, 4.69) is 10.3 Å². The monoisotopic (exact) mass is 460 g/mol. The van der Waals surface area contributed by atoms with Crippen molar-refractivity contribution in [2.24, 2.45) is 0 Å². The molecule has 0 saturated carbocycles. The summed E-state index contributed by atoms with van der Waals surface area (Å²) in [7, 11) is 1.24. The van der Waals surface area contributed by atoms with Crippen LogP contribution in [-0.4, -0.2) is 40.0 Å². The van der Waals surface area contributed by atoms with Crippen molar-refractivity contribution in [1.29, 1.82) is 0 Å². The number of methoxy groups -OCH3 is 1. The number of hydrogen-bond donors (Lipinski definition) is 1. The van der Waals surface area contributed by atoms with Crippen LogP contribution in [-0.2, 0) is 22.6 Å². The molecule has 1 atom stereocenters. The van der Waals surface area contributed by atoms with Gasteiger partial charge in [-0.15, -0.1) is 0 Å². The molecule has 2 heterocycles. The molecule has 4 rings (SSSR count). The van der Waals surface area contributed by atoms with Crippen LogP contribution in [0.25, 0.3) is 0 Å². The molecule has 0 fully saturated rings. The predicted octanol–water partition coefficient (Wildman–Crippen LogP) is 3.33. The van der Waals surface area contributed by atoms with Crippen molar-refractivity contribution in [3.05, 3.63) is 82.4 Å². The number of rotatable bonds is 5. The van der Waals surface area contributed by atoms with Crippen molar-refractivity contribution < 1.29 is 19.1 Å². The summed E-state index contributed by atoms with van der Waals surface area (Å²) in [4.78, 5) is 45.3. The van der Waals surface area contributed by atoms with Crippen LogP contribution in [0.1, 0.15) is 50.2 Å². The van der Waals surface area contributed by atoms with Gasteiger partial charge in [-0.05, 0) is 56.5 Å². The molecular weight excluding hydrogens is 432 g/mol. The van der Waals surface area contributed by atoms with Crippen LogP contribution in [0.15, 0.2) is 48.8 Å². The summed E-state index contributed by atoms with van der Waals surface area (Å²) >= 11 is 0. The van der Waals surface area contributed by atoms with Crippen LogP contribution in [0, 0.1) is 20.8 Å². The molecule has 1 aliphatic heterocycles. The minimum Gasteiger partial charge on any atom is -0.464 e. The predicted molar refractivity (Wildman–Crippen MR) is 128 cm³/mol. The molecule has 0 radical (unpaired) electrons. The molecule has 1 aromatic heterocycles. The van der Waals surface area contributed by atoms with Crippen LogP contribution in [0.3, 0.4) is 0 Å². The Balaban J connectivity index is 1.76. The summed E-state index contributed by atoms with van der Waals surface area (Å²) in [6, 6.07) is 13.5. The van der Waals surface area contributed by atoms with E-state index in [0.717, 1.165) is 22.3 Å². The van der Waals surface area contributed by atoms with Crippen LogP contribution in [0.4, 0.5) is 5.69 Å². The van der Waals surface area contributed by atoms with Crippen molar-refractivity contribution in [1.82, 2.24) is 14.9 Å². The Morgan fingerprint density at radius 2 is 1.79 bits per heavy atom. The fraction of sp³-hybridized carbons (Fsp3) is 0.308. The largest absolute Gasteiger partial charge is 0.464 e. The van der Waals surface area contributed by atoms with Gasteiger partial charge in [0, 0.05) is 12.2 Å². The van der Waals surface area contributed by atoms with Crippen molar-refractivity contribution in [3.63, 3.8) is 0 Å². The van der Waals surface area contributed by atoms with E-state index in [9.17, 15) is 14.4 Å². The van der Waals surface area contributed by atoms with Crippen LogP contribution >= 0.6 is 0 Å². The zero-order valence-electron chi connectivity index (χ0n) is 20.0. The number of aryl methyl sites for hydroxylation is 3. The molecule has 3 aromatic rings. The number of benzene rings is 2. The van der Waals surface area contributed by atoms with Crippen LogP contribution < -0.4 is 10.2 Å². The van der Waals surface area contributed by atoms with Crippen LogP contribution in [0.5, 0.6) is 0 Å². The Hall–Kier alpha value is -3.94. The Bertz CT molecular complexity index is 1280. The number of amides is 2. The second-order valence-corrected chi connectivity index (χ2v) is 8.91. The molecule has 8 heteroatoms. The first kappa shape index (κ1) is 23.2. The molecule has 1 unspecified atom stereocenters. The molecule has 34 heavy (non-hydrogen) atoms. The first-order chi connectivity index (χ1) is 16.2. The second kappa shape index (κ2) is 8.78. The van der Waals surface area contributed by atoms with E-state index in [1.807, 2.05) is 63.2 Å². The third kappa shape index (κ3) is 3.96. The van der Waals surface area contributed by atoms with Gasteiger partial charge < -0.3 is 14.6 Å². The topological polar surface area (TPSA) is 93.5 Å². The van der Waals surface area contributed by atoms with E-state index in [1.54, 1.807) is 11.5 Å². The number of carbonyl (C=O) groups excluding carboxylic acids is 3. The van der Waals surface area contributed by atoms with Gasteiger partial charge in [0.05, 0.1) is 20.0 Å². The fourth-order valence-electron chi connectivity index (χ4n) is 4.22. The molecule has 2 amide bonds. The van der Waals surface area contributed by atoms with E-state index in [-0.39, 0.29) is 23.8 Å². The standard InChI is InChI=1S/C26H28N4O4/c1-16-6-9-19(10-7-16)13-27-25(33)26(4)14-29-15-28-21(24(32)34-5)22(29)23(31)30(26)20-11-8-17(2)18(3)12-20/h6-12,15H,13-14H2,1-5H3,(H,27,33). The van der Waals surface area contributed by atoms with Gasteiger partial charge in [0.1, 0.15) is 11.2 Å². The molecule has 0 bridgehead atoms. The number of aromatic nitrogens is 2. The summed E-state index contributed by atoms with van der Waals surface area (Å²) < 4.78 is 6.37. The number of hydrogen-bond acceptors (Lipinski definition) is 5. The average Bonchev–Trinajstić information content (AvgIpc) is 3.24. The Morgan fingerprint density at radius 3 is 2.44 bits per heavy atom. The normalized spacial score (nSPS) is 17.3. The van der Waals surface area contributed by atoms with E-state index >= 15 is 0 Å². The van der Waals surface area contributed by atoms with Gasteiger partial charge in [-0.1, -0.05) is 35.9 Å². The number of nitrogens with zero attached hydrogens (tertiary/aromatic N) is 3. The number of carbonyl (C=O) groups is 3. The molecular formula is C26H28N4O4. The first-order valence-corrected chi connectivity index (χ1v) is 11.0. The minimum atomic E-state index is -1.26. The number of ether oxygens (including phenoxy) is 1. The summed E-state index contributed by atoms with van der Waals surface area (Å²) in [5.41, 5.74) is 3.50. The van der Waals surface area contributed by atoms with Crippen molar-refractivity contribution in [2.75, 3.05) is 12.0 Å². The van der Waals surface area contributed by atoms with E-state index in [0.29, 0.717) is 12.2 Å². The maximum Gasteiger partial charge on any atom is 0.359 e. The lowest BCUT2D eigenvalue weighted by Gasteiger charge is -2.43. The van der Waals surface area contributed by atoms with Crippen molar-refractivity contribution >= 4 is 23.5 Å². The summed E-state index contributed by atoms with van der Waals surface area (Å²) in [5, 5.41) is 2.99. The highest BCUT2D eigenvalue weighted by Gasteiger charge is 2.49. The Morgan fingerprint density at radius 1 is 1.09 bits per heavy atom. The number of fused-ring (bicyclic) bond motifs is 1. The smallest absolute Gasteiger partial charge is 0.359 e. The first-order valence-electron chi connectivity index (χ1n) is 11.0. The fourth-order valence-corrected chi connectivity index (χ4v) is 4.22. The highest BCUT2D eigenvalue weighted by Crippen LogP contribution is 2.34. The lowest BCUT2D eigenvalue weighted by Crippen LogP contribution is -2.64. The van der Waals surface area contributed by atoms with Crippen molar-refractivity contribution in [2.45, 2.75) is 46.3 Å². The summed E-state index contributed by atoms with van der Waals surface area (Å²) in [6.07, 6.45) is 1.41. The highest BCUT2D eigenvalue weighted by molar-refractivity contribution is 6.15. The number of esters is 1. The van der Waals surface area contributed by atoms with E-state index in [4.69, 9.17) is 4.74 Å². The van der Waals surface area contributed by atoms with Crippen molar-refractivity contribution in [3.8, 4) is 0 Å². The average molecular weight is 461 g/mol. The Kier molecular flexibility index (Phi) is 6.00. The van der Waals surface area contributed by atoms with Gasteiger partial charge in [-0.2, -0.15) is 0 Å². The number of imidazole rings is 1. The van der Waals surface area contributed by atoms with Gasteiger partial charge in [0.2, 0.25) is 5.91 Å². The summed E-state index contributed by atoms with van der Waals surface area (Å²) in [5.74, 6) is -1.49. The highest BCUT2D eigenvalue weighted by atomic mass is 16.5. The van der Waals surface area contributed by atoms with Gasteiger partial charge in [0.15, 0.2) is 5.69 Å². The third-order valence-corrected chi connectivity index (χ3v) is 6.41. The zero-order chi connectivity index (χ0) is 24.6. The molecule has 2 aromatic carbocycles. The Labute approximate surface area is 198 Å². The van der Waals surface area contributed by atoms with Crippen LogP contribution in [0.2, 0.25) is 0 Å². The number of nitrogens with one attached hydrogen (secondary N) is 1. The van der Waals surface area contributed by atoms with Gasteiger partial charge in [-0.3, -0.25) is 14.5 Å². The van der Waals surface area contributed by atoms with E-state index in [1.165, 1.54) is 18.3 Å². The second-order valence-electron chi connectivity index (χ2n) is 8.91. The summed E-state index contributed by atoms with van der Waals surface area (Å²) in [6.45, 7) is 8.12. The maximum atomic E-state index is 13.8. The molecule has 8 nitrogen and oxygen atoms in total. The van der Waals surface area contributed by atoms with Gasteiger partial charge in [0.25, 0.3) is 5.91 Å². The maximum absolute atomic E-state index is 13.8. The lowest BCUT2D eigenvalue weighted by atomic mass is 9.92. The van der Waals surface area contributed by atoms with E-state index < -0.39 is 17.4 Å². The van der Waals surface area contributed by atoms with Gasteiger partial charge >= 0.3 is 5.97 Å². The minimum absolute atomic E-state index is 0.0663. The molecule has 0 aliphatic carbocycles. The third-order valence-electron chi connectivity index (χ3n) is 6.41. The molecule has 0 saturated heterocycles. The molecule has 1 N–H and O–H groups in total. The van der Waals surface area contributed by atoms with Gasteiger partial charge in [-0.25, -0.2) is 9.78 Å². The number of anilines is 1. The molecule has 0 spiro atoms. The zero-order valence-corrected chi connectivity index (χ0v) is 20.0.